The molecule has 5 heteroatoms. The van der Waals surface area contributed by atoms with Crippen LogP contribution in [0.4, 0.5) is 0 Å². The van der Waals surface area contributed by atoms with Crippen LogP contribution in [-0.2, 0) is 0 Å². The molecule has 0 saturated heterocycles. The molecule has 0 radical (unpaired) electrons. The minimum absolute atomic E-state index is 0.0606. The van der Waals surface area contributed by atoms with Gasteiger partial charge in [-0.1, -0.05) is 24.6 Å². The Labute approximate surface area is 113 Å². The van der Waals surface area contributed by atoms with E-state index in [0.717, 1.165) is 35.5 Å². The lowest BCUT2D eigenvalue weighted by Gasteiger charge is -2.08. The summed E-state index contributed by atoms with van der Waals surface area (Å²) < 4.78 is 7.07. The molecule has 1 aromatic heterocycles. The molecule has 1 aromatic carbocycles. The smallest absolute Gasteiger partial charge is 0.144 e. The minimum Gasteiger partial charge on any atom is -0.494 e. The fraction of sp³-hybridized carbons (Fsp3) is 0.429. The summed E-state index contributed by atoms with van der Waals surface area (Å²) in [5, 5.41) is 8.29. The van der Waals surface area contributed by atoms with Gasteiger partial charge >= 0.3 is 0 Å². The van der Waals surface area contributed by atoms with Crippen LogP contribution in [0.3, 0.4) is 0 Å². The van der Waals surface area contributed by atoms with Crippen molar-refractivity contribution in [1.82, 2.24) is 15.0 Å². The molecule has 1 atom stereocenters. The fourth-order valence-electron chi connectivity index (χ4n) is 2.00. The van der Waals surface area contributed by atoms with E-state index >= 15 is 0 Å². The van der Waals surface area contributed by atoms with Gasteiger partial charge in [0.15, 0.2) is 0 Å². The van der Waals surface area contributed by atoms with Crippen molar-refractivity contribution in [2.24, 2.45) is 5.73 Å². The predicted octanol–water partition coefficient (Wildman–Crippen LogP) is 2.38. The first-order valence-corrected chi connectivity index (χ1v) is 6.48. The highest BCUT2D eigenvalue weighted by Crippen LogP contribution is 2.24. The van der Waals surface area contributed by atoms with Crippen molar-refractivity contribution in [3.05, 3.63) is 35.7 Å². The van der Waals surface area contributed by atoms with Crippen molar-refractivity contribution >= 4 is 0 Å². The fourth-order valence-corrected chi connectivity index (χ4v) is 2.00. The van der Waals surface area contributed by atoms with Crippen molar-refractivity contribution in [3.8, 4) is 11.4 Å². The number of nitrogens with two attached hydrogens (primary N) is 1. The minimum atomic E-state index is -0.0606. The molecule has 2 aromatic rings. The normalized spacial score (nSPS) is 12.4. The van der Waals surface area contributed by atoms with Gasteiger partial charge in [0.2, 0.25) is 0 Å². The molecule has 0 aliphatic carbocycles. The molecule has 1 unspecified atom stereocenters. The lowest BCUT2D eigenvalue weighted by molar-refractivity contribution is 0.411. The SMILES string of the molecule is CCCC(N)c1cn(-c2cc(C)ccc2OC)nn1. The molecule has 5 nitrogen and oxygen atoms in total. The lowest BCUT2D eigenvalue weighted by atomic mass is 10.1. The van der Waals surface area contributed by atoms with Crippen LogP contribution in [0.25, 0.3) is 5.69 Å². The zero-order chi connectivity index (χ0) is 13.8. The first-order chi connectivity index (χ1) is 9.15. The van der Waals surface area contributed by atoms with E-state index in [-0.39, 0.29) is 6.04 Å². The molecule has 1 heterocycles. The number of nitrogens with zero attached hydrogens (tertiary/aromatic N) is 3. The molecule has 2 N–H and O–H groups in total. The summed E-state index contributed by atoms with van der Waals surface area (Å²) in [6.45, 7) is 4.14. The third-order valence-electron chi connectivity index (χ3n) is 3.07. The molecule has 0 amide bonds. The quantitative estimate of drug-likeness (QED) is 0.896. The van der Waals surface area contributed by atoms with Crippen LogP contribution in [0, 0.1) is 6.92 Å². The molecule has 0 spiro atoms. The molecule has 0 saturated carbocycles. The standard InChI is InChI=1S/C14H20N4O/c1-4-5-11(15)12-9-18(17-16-12)13-8-10(2)6-7-14(13)19-3/h6-9,11H,4-5,15H2,1-3H3. The van der Waals surface area contributed by atoms with E-state index in [4.69, 9.17) is 10.5 Å². The van der Waals surface area contributed by atoms with Gasteiger partial charge in [-0.15, -0.1) is 5.10 Å². The van der Waals surface area contributed by atoms with E-state index in [0.29, 0.717) is 0 Å². The van der Waals surface area contributed by atoms with Crippen molar-refractivity contribution in [3.63, 3.8) is 0 Å². The highest BCUT2D eigenvalue weighted by molar-refractivity contribution is 5.48. The van der Waals surface area contributed by atoms with Crippen molar-refractivity contribution < 1.29 is 4.74 Å². The highest BCUT2D eigenvalue weighted by Gasteiger charge is 2.12. The Morgan fingerprint density at radius 3 is 2.89 bits per heavy atom. The molecule has 19 heavy (non-hydrogen) atoms. The maximum absolute atomic E-state index is 6.05. The summed E-state index contributed by atoms with van der Waals surface area (Å²) >= 11 is 0. The van der Waals surface area contributed by atoms with Gasteiger partial charge in [-0.2, -0.15) is 0 Å². The number of hydrogen-bond donors (Lipinski definition) is 1. The second-order valence-electron chi connectivity index (χ2n) is 4.66. The van der Waals surface area contributed by atoms with E-state index in [9.17, 15) is 0 Å². The number of hydrogen-bond acceptors (Lipinski definition) is 4. The number of benzene rings is 1. The van der Waals surface area contributed by atoms with E-state index in [1.165, 1.54) is 0 Å². The maximum Gasteiger partial charge on any atom is 0.144 e. The van der Waals surface area contributed by atoms with E-state index < -0.39 is 0 Å². The monoisotopic (exact) mass is 260 g/mol. The molecular formula is C14H20N4O. The number of methoxy groups -OCH3 is 1. The van der Waals surface area contributed by atoms with Gasteiger partial charge in [-0.3, -0.25) is 0 Å². The van der Waals surface area contributed by atoms with E-state index in [1.54, 1.807) is 11.8 Å². The Bertz CT molecular complexity index is 550. The van der Waals surface area contributed by atoms with Crippen molar-refractivity contribution in [1.29, 1.82) is 0 Å². The Morgan fingerprint density at radius 2 is 2.21 bits per heavy atom. The van der Waals surface area contributed by atoms with Gasteiger partial charge in [-0.25, -0.2) is 4.68 Å². The number of aryl methyl sites for hydroxylation is 1. The van der Waals surface area contributed by atoms with Crippen LogP contribution in [0.2, 0.25) is 0 Å². The van der Waals surface area contributed by atoms with Crippen LogP contribution in [0.1, 0.15) is 37.1 Å². The van der Waals surface area contributed by atoms with Crippen molar-refractivity contribution in [2.75, 3.05) is 7.11 Å². The number of ether oxygens (including phenoxy) is 1. The topological polar surface area (TPSA) is 66.0 Å². The number of aromatic nitrogens is 3. The maximum atomic E-state index is 6.05. The van der Waals surface area contributed by atoms with E-state index in [2.05, 4.69) is 17.2 Å². The Hall–Kier alpha value is -1.88. The highest BCUT2D eigenvalue weighted by atomic mass is 16.5. The second-order valence-corrected chi connectivity index (χ2v) is 4.66. The van der Waals surface area contributed by atoms with Gasteiger partial charge in [-0.05, 0) is 31.0 Å². The van der Waals surface area contributed by atoms with Gasteiger partial charge in [0.25, 0.3) is 0 Å². The average molecular weight is 260 g/mol. The largest absolute Gasteiger partial charge is 0.494 e. The molecular weight excluding hydrogens is 240 g/mol. The molecule has 0 fully saturated rings. The van der Waals surface area contributed by atoms with Gasteiger partial charge in [0.1, 0.15) is 11.4 Å². The van der Waals surface area contributed by atoms with Crippen LogP contribution in [0.5, 0.6) is 5.75 Å². The Balaban J connectivity index is 2.34. The van der Waals surface area contributed by atoms with Gasteiger partial charge in [0, 0.05) is 0 Å². The van der Waals surface area contributed by atoms with Crippen LogP contribution >= 0.6 is 0 Å². The van der Waals surface area contributed by atoms with Crippen LogP contribution in [-0.4, -0.2) is 22.1 Å². The predicted molar refractivity (Wildman–Crippen MR) is 74.5 cm³/mol. The first-order valence-electron chi connectivity index (χ1n) is 6.48. The number of rotatable bonds is 5. The zero-order valence-electron chi connectivity index (χ0n) is 11.6. The summed E-state index contributed by atoms with van der Waals surface area (Å²) in [7, 11) is 1.65. The molecule has 102 valence electrons. The van der Waals surface area contributed by atoms with Crippen molar-refractivity contribution in [2.45, 2.75) is 32.7 Å². The van der Waals surface area contributed by atoms with Gasteiger partial charge < -0.3 is 10.5 Å². The summed E-state index contributed by atoms with van der Waals surface area (Å²) in [5.41, 5.74) is 8.88. The summed E-state index contributed by atoms with van der Waals surface area (Å²) in [6.07, 6.45) is 3.81. The Morgan fingerprint density at radius 1 is 1.42 bits per heavy atom. The molecule has 0 aliphatic heterocycles. The summed E-state index contributed by atoms with van der Waals surface area (Å²) in [5.74, 6) is 0.770. The average Bonchev–Trinajstić information content (AvgIpc) is 2.88. The van der Waals surface area contributed by atoms with Crippen LogP contribution in [0.15, 0.2) is 24.4 Å². The van der Waals surface area contributed by atoms with Gasteiger partial charge in [0.05, 0.1) is 25.0 Å². The third kappa shape index (κ3) is 2.93. The first kappa shape index (κ1) is 13.5. The molecule has 0 bridgehead atoms. The van der Waals surface area contributed by atoms with E-state index in [1.807, 2.05) is 31.3 Å². The zero-order valence-corrected chi connectivity index (χ0v) is 11.6. The second kappa shape index (κ2) is 5.84. The van der Waals surface area contributed by atoms with Crippen LogP contribution < -0.4 is 10.5 Å². The molecule has 0 aliphatic rings. The summed E-state index contributed by atoms with van der Waals surface area (Å²) in [4.78, 5) is 0. The Kier molecular flexibility index (Phi) is 4.16. The third-order valence-corrected chi connectivity index (χ3v) is 3.07. The summed E-state index contributed by atoms with van der Waals surface area (Å²) in [6, 6.07) is 5.89. The lowest BCUT2D eigenvalue weighted by Crippen LogP contribution is -2.10. The molecule has 2 rings (SSSR count).